The zero-order chi connectivity index (χ0) is 10.3. The highest BCUT2D eigenvalue weighted by molar-refractivity contribution is 9.11. The van der Waals surface area contributed by atoms with E-state index < -0.39 is 0 Å². The second kappa shape index (κ2) is 7.42. The minimum absolute atomic E-state index is 1.05. The summed E-state index contributed by atoms with van der Waals surface area (Å²) in [6.07, 6.45) is 0. The van der Waals surface area contributed by atoms with Crippen molar-refractivity contribution in [1.82, 2.24) is 0 Å². The van der Waals surface area contributed by atoms with Crippen molar-refractivity contribution >= 4 is 43.9 Å². The Hall–Kier alpha value is 0.01000. The van der Waals surface area contributed by atoms with Gasteiger partial charge in [0.05, 0.1) is 3.79 Å². The van der Waals surface area contributed by atoms with Crippen molar-refractivity contribution in [2.45, 2.75) is 13.8 Å². The Kier molecular flexibility index (Phi) is 7.42. The molecule has 0 radical (unpaired) electrons. The summed E-state index contributed by atoms with van der Waals surface area (Å²) in [5.74, 6) is 0. The first-order valence-corrected chi connectivity index (χ1v) is 6.45. The Morgan fingerprint density at radius 1 is 1.54 bits per heavy atom. The third-order valence-corrected chi connectivity index (χ3v) is 3.56. The second-order valence-electron chi connectivity index (χ2n) is 1.81. The summed E-state index contributed by atoms with van der Waals surface area (Å²) in [5.41, 5.74) is 0. The first-order chi connectivity index (χ1) is 6.24. The lowest BCUT2D eigenvalue weighted by atomic mass is 10.5. The van der Waals surface area contributed by atoms with Crippen LogP contribution in [0, 0.1) is 0 Å². The summed E-state index contributed by atoms with van der Waals surface area (Å²) in [5, 5.41) is 1.79. The van der Waals surface area contributed by atoms with Crippen LogP contribution in [0.25, 0.3) is 4.91 Å². The van der Waals surface area contributed by atoms with Crippen LogP contribution in [-0.4, -0.2) is 0 Å². The predicted octanol–water partition coefficient (Wildman–Crippen LogP) is 5.38. The summed E-state index contributed by atoms with van der Waals surface area (Å²) in [6, 6.07) is 4.07. The molecule has 13 heavy (non-hydrogen) atoms. The molecule has 1 aromatic rings. The lowest BCUT2D eigenvalue weighted by Crippen LogP contribution is -1.63. The van der Waals surface area contributed by atoms with E-state index in [0.717, 1.165) is 8.69 Å². The summed E-state index contributed by atoms with van der Waals surface area (Å²) in [6.45, 7) is 11.5. The minimum Gasteiger partial charge on any atom is -0.128 e. The van der Waals surface area contributed by atoms with Crippen LogP contribution in [0.15, 0.2) is 34.5 Å². The molecule has 1 rings (SSSR count). The van der Waals surface area contributed by atoms with Gasteiger partial charge in [0.15, 0.2) is 0 Å². The molecule has 0 bridgehead atoms. The maximum absolute atomic E-state index is 3.91. The largest absolute Gasteiger partial charge is 0.128 e. The molecule has 0 N–H and O–H groups in total. The van der Waals surface area contributed by atoms with Gasteiger partial charge in [-0.15, -0.1) is 11.3 Å². The standard InChI is InChI=1S/C8H7BrS2.C2H6/c1-3-10-6(2)7-4-5-8(9)11-7;1-2/h3-5H,1-2H2;1-2H3. The van der Waals surface area contributed by atoms with Crippen molar-refractivity contribution in [2.75, 3.05) is 0 Å². The van der Waals surface area contributed by atoms with Crippen LogP contribution in [0.4, 0.5) is 0 Å². The van der Waals surface area contributed by atoms with Crippen LogP contribution in [0.2, 0.25) is 0 Å². The van der Waals surface area contributed by atoms with E-state index >= 15 is 0 Å². The molecule has 0 aliphatic heterocycles. The van der Waals surface area contributed by atoms with Gasteiger partial charge in [-0.1, -0.05) is 38.8 Å². The Labute approximate surface area is 96.9 Å². The molecule has 0 saturated heterocycles. The smallest absolute Gasteiger partial charge is 0.0705 e. The van der Waals surface area contributed by atoms with Crippen molar-refractivity contribution in [3.8, 4) is 0 Å². The highest BCUT2D eigenvalue weighted by atomic mass is 79.9. The summed E-state index contributed by atoms with van der Waals surface area (Å²) < 4.78 is 1.14. The van der Waals surface area contributed by atoms with Crippen LogP contribution < -0.4 is 0 Å². The highest BCUT2D eigenvalue weighted by Crippen LogP contribution is 2.33. The minimum atomic E-state index is 1.05. The third-order valence-electron chi connectivity index (χ3n) is 1.07. The molecule has 72 valence electrons. The van der Waals surface area contributed by atoms with Gasteiger partial charge in [0.1, 0.15) is 0 Å². The number of thiophene rings is 1. The van der Waals surface area contributed by atoms with E-state index in [1.54, 1.807) is 28.5 Å². The van der Waals surface area contributed by atoms with Crippen LogP contribution in [0.3, 0.4) is 0 Å². The van der Waals surface area contributed by atoms with Gasteiger partial charge in [-0.25, -0.2) is 0 Å². The van der Waals surface area contributed by atoms with E-state index in [-0.39, 0.29) is 0 Å². The van der Waals surface area contributed by atoms with Crippen LogP contribution in [0.1, 0.15) is 18.7 Å². The molecule has 0 saturated carbocycles. The average molecular weight is 277 g/mol. The van der Waals surface area contributed by atoms with E-state index in [0.29, 0.717) is 0 Å². The number of hydrogen-bond donors (Lipinski definition) is 0. The average Bonchev–Trinajstić information content (AvgIpc) is 2.56. The second-order valence-corrected chi connectivity index (χ2v) is 5.34. The topological polar surface area (TPSA) is 0 Å². The molecule has 0 amide bonds. The molecule has 3 heteroatoms. The summed E-state index contributed by atoms with van der Waals surface area (Å²) in [4.78, 5) is 2.25. The van der Waals surface area contributed by atoms with Crippen LogP contribution in [-0.2, 0) is 0 Å². The number of hydrogen-bond acceptors (Lipinski definition) is 2. The van der Waals surface area contributed by atoms with Gasteiger partial charge in [-0.3, -0.25) is 0 Å². The normalized spacial score (nSPS) is 8.54. The SMILES string of the molecule is C=CSC(=C)c1ccc(Br)s1.CC. The van der Waals surface area contributed by atoms with Crippen molar-refractivity contribution in [3.05, 3.63) is 39.4 Å². The van der Waals surface area contributed by atoms with Gasteiger partial charge in [0.2, 0.25) is 0 Å². The monoisotopic (exact) mass is 276 g/mol. The molecule has 1 heterocycles. The van der Waals surface area contributed by atoms with Crippen LogP contribution in [0.5, 0.6) is 0 Å². The molecule has 0 aliphatic carbocycles. The first-order valence-electron chi connectivity index (χ1n) is 3.96. The fraction of sp³-hybridized carbons (Fsp3) is 0.200. The fourth-order valence-electron chi connectivity index (χ4n) is 0.623. The third kappa shape index (κ3) is 4.69. The predicted molar refractivity (Wildman–Crippen MR) is 70.2 cm³/mol. The molecule has 0 fully saturated rings. The van der Waals surface area contributed by atoms with Gasteiger partial charge < -0.3 is 0 Å². The molecular weight excluding hydrogens is 264 g/mol. The van der Waals surface area contributed by atoms with Gasteiger partial charge in [0.25, 0.3) is 0 Å². The van der Waals surface area contributed by atoms with Crippen molar-refractivity contribution in [1.29, 1.82) is 0 Å². The lowest BCUT2D eigenvalue weighted by Gasteiger charge is -1.94. The van der Waals surface area contributed by atoms with Crippen molar-refractivity contribution in [2.24, 2.45) is 0 Å². The van der Waals surface area contributed by atoms with Gasteiger partial charge in [0, 0.05) is 9.78 Å². The quantitative estimate of drug-likeness (QED) is 0.714. The zero-order valence-electron chi connectivity index (χ0n) is 7.84. The number of rotatable bonds is 3. The maximum atomic E-state index is 3.91. The Bertz CT molecular complexity index is 276. The highest BCUT2D eigenvalue weighted by Gasteiger charge is 2.00. The Morgan fingerprint density at radius 3 is 2.54 bits per heavy atom. The Morgan fingerprint density at radius 2 is 2.15 bits per heavy atom. The summed E-state index contributed by atoms with van der Waals surface area (Å²) in [7, 11) is 0. The van der Waals surface area contributed by atoms with Gasteiger partial charge in [-0.2, -0.15) is 0 Å². The molecule has 0 spiro atoms. The molecule has 0 aliphatic rings. The number of halogens is 1. The van der Waals surface area contributed by atoms with Gasteiger partial charge in [-0.05, 0) is 33.5 Å². The molecule has 0 unspecified atom stereocenters. The van der Waals surface area contributed by atoms with E-state index in [4.69, 9.17) is 0 Å². The molecular formula is C10H13BrS2. The van der Waals surface area contributed by atoms with E-state index in [1.807, 2.05) is 26.0 Å². The first kappa shape index (κ1) is 13.0. The molecule has 0 atom stereocenters. The van der Waals surface area contributed by atoms with Crippen molar-refractivity contribution in [3.63, 3.8) is 0 Å². The summed E-state index contributed by atoms with van der Waals surface area (Å²) >= 11 is 6.63. The Balaban J connectivity index is 0.000000671. The van der Waals surface area contributed by atoms with Crippen LogP contribution >= 0.6 is 39.0 Å². The van der Waals surface area contributed by atoms with E-state index in [9.17, 15) is 0 Å². The van der Waals surface area contributed by atoms with E-state index in [2.05, 4.69) is 29.1 Å². The maximum Gasteiger partial charge on any atom is 0.0705 e. The molecule has 1 aromatic heterocycles. The van der Waals surface area contributed by atoms with E-state index in [1.165, 1.54) is 4.88 Å². The zero-order valence-corrected chi connectivity index (χ0v) is 11.1. The number of thioether (sulfide) groups is 1. The molecule has 0 aromatic carbocycles. The van der Waals surface area contributed by atoms with Crippen molar-refractivity contribution < 1.29 is 0 Å². The van der Waals surface area contributed by atoms with Gasteiger partial charge >= 0.3 is 0 Å². The molecule has 0 nitrogen and oxygen atoms in total. The fourth-order valence-corrected chi connectivity index (χ4v) is 2.53. The lowest BCUT2D eigenvalue weighted by molar-refractivity contribution is 1.50.